The fourth-order valence-corrected chi connectivity index (χ4v) is 2.48. The number of hydrogen-bond donors (Lipinski definition) is 2. The van der Waals surface area contributed by atoms with Crippen LogP contribution in [-0.4, -0.2) is 34.7 Å². The Morgan fingerprint density at radius 1 is 1.19 bits per heavy atom. The summed E-state index contributed by atoms with van der Waals surface area (Å²) < 4.78 is 5.29. The number of halogens is 2. The number of guanidine groups is 1. The Morgan fingerprint density at radius 3 is 2.81 bits per heavy atom. The van der Waals surface area contributed by atoms with E-state index in [0.29, 0.717) is 42.2 Å². The lowest BCUT2D eigenvalue weighted by molar-refractivity contribution is 0.378. The molecule has 0 aliphatic rings. The molecule has 1 aromatic carbocycles. The van der Waals surface area contributed by atoms with Crippen LogP contribution >= 0.6 is 35.6 Å². The maximum atomic E-state index is 5.99. The Labute approximate surface area is 179 Å². The number of rotatable bonds is 6. The van der Waals surface area contributed by atoms with E-state index in [1.807, 2.05) is 30.3 Å². The topological polar surface area (TPSA) is 88.2 Å². The van der Waals surface area contributed by atoms with Crippen molar-refractivity contribution >= 4 is 41.5 Å². The third-order valence-electron chi connectivity index (χ3n) is 3.57. The van der Waals surface area contributed by atoms with Gasteiger partial charge in [-0.2, -0.15) is 4.98 Å². The van der Waals surface area contributed by atoms with Gasteiger partial charge >= 0.3 is 0 Å². The van der Waals surface area contributed by atoms with Crippen molar-refractivity contribution in [2.24, 2.45) is 4.99 Å². The van der Waals surface area contributed by atoms with E-state index in [2.05, 4.69) is 30.8 Å². The molecule has 0 aliphatic heterocycles. The van der Waals surface area contributed by atoms with Gasteiger partial charge in [-0.3, -0.25) is 9.98 Å². The second kappa shape index (κ2) is 10.8. The van der Waals surface area contributed by atoms with E-state index in [9.17, 15) is 0 Å². The summed E-state index contributed by atoms with van der Waals surface area (Å²) in [6.07, 6.45) is 2.35. The highest BCUT2D eigenvalue weighted by atomic mass is 127. The average Bonchev–Trinajstić information content (AvgIpc) is 3.14. The molecule has 9 heteroatoms. The lowest BCUT2D eigenvalue weighted by Crippen LogP contribution is -2.38. The van der Waals surface area contributed by atoms with E-state index < -0.39 is 0 Å². The van der Waals surface area contributed by atoms with Crippen molar-refractivity contribution in [1.29, 1.82) is 0 Å². The average molecular weight is 499 g/mol. The normalized spacial score (nSPS) is 11.0. The fraction of sp³-hybridized carbons (Fsp3) is 0.222. The Kier molecular flexibility index (Phi) is 8.46. The Morgan fingerprint density at radius 2 is 2.07 bits per heavy atom. The molecule has 2 N–H and O–H groups in total. The van der Waals surface area contributed by atoms with Gasteiger partial charge in [-0.25, -0.2) is 0 Å². The molecule has 142 valence electrons. The highest BCUT2D eigenvalue weighted by Crippen LogP contribution is 2.19. The molecule has 0 saturated heterocycles. The Balaban J connectivity index is 0.00000261. The number of pyridine rings is 1. The molecular weight excluding hydrogens is 479 g/mol. The van der Waals surface area contributed by atoms with Gasteiger partial charge in [0.15, 0.2) is 5.96 Å². The van der Waals surface area contributed by atoms with Crippen molar-refractivity contribution < 1.29 is 4.52 Å². The second-order valence-corrected chi connectivity index (χ2v) is 5.88. The van der Waals surface area contributed by atoms with Crippen molar-refractivity contribution in [2.45, 2.75) is 13.0 Å². The molecule has 0 amide bonds. The van der Waals surface area contributed by atoms with Gasteiger partial charge in [0.1, 0.15) is 0 Å². The van der Waals surface area contributed by atoms with Crippen molar-refractivity contribution in [3.8, 4) is 11.4 Å². The molecule has 0 atom stereocenters. The van der Waals surface area contributed by atoms with Crippen LogP contribution in [-0.2, 0) is 13.0 Å². The van der Waals surface area contributed by atoms with Crippen LogP contribution in [0.5, 0.6) is 0 Å². The third kappa shape index (κ3) is 6.47. The summed E-state index contributed by atoms with van der Waals surface area (Å²) in [6.45, 7) is 1.21. The van der Waals surface area contributed by atoms with Gasteiger partial charge in [0, 0.05) is 36.8 Å². The standard InChI is InChI=1S/C18H19ClN6O.HI/c1-20-18(23-12-15-7-2-3-9-21-15)22-10-8-16-24-17(25-26-16)13-5-4-6-14(19)11-13;/h2-7,9,11H,8,10,12H2,1H3,(H2,20,22,23);1H. The first-order valence-corrected chi connectivity index (χ1v) is 8.55. The predicted octanol–water partition coefficient (Wildman–Crippen LogP) is 3.31. The van der Waals surface area contributed by atoms with Gasteiger partial charge < -0.3 is 15.2 Å². The van der Waals surface area contributed by atoms with Crippen LogP contribution in [0.15, 0.2) is 58.2 Å². The number of hydrogen-bond acceptors (Lipinski definition) is 5. The first-order chi connectivity index (χ1) is 12.7. The molecule has 0 fully saturated rings. The molecule has 0 radical (unpaired) electrons. The van der Waals surface area contributed by atoms with Crippen LogP contribution in [0.25, 0.3) is 11.4 Å². The van der Waals surface area contributed by atoms with Crippen LogP contribution in [0.1, 0.15) is 11.6 Å². The van der Waals surface area contributed by atoms with Crippen LogP contribution < -0.4 is 10.6 Å². The summed E-state index contributed by atoms with van der Waals surface area (Å²) in [7, 11) is 1.72. The Bertz CT molecular complexity index is 871. The van der Waals surface area contributed by atoms with E-state index in [-0.39, 0.29) is 24.0 Å². The highest BCUT2D eigenvalue weighted by molar-refractivity contribution is 14.0. The fourth-order valence-electron chi connectivity index (χ4n) is 2.29. The van der Waals surface area contributed by atoms with E-state index in [1.54, 1.807) is 25.4 Å². The van der Waals surface area contributed by atoms with Crippen LogP contribution in [0.3, 0.4) is 0 Å². The van der Waals surface area contributed by atoms with E-state index in [1.165, 1.54) is 0 Å². The van der Waals surface area contributed by atoms with Gasteiger partial charge in [-0.1, -0.05) is 35.0 Å². The quantitative estimate of drug-likeness (QED) is 0.308. The van der Waals surface area contributed by atoms with Gasteiger partial charge in [0.2, 0.25) is 11.7 Å². The smallest absolute Gasteiger partial charge is 0.228 e. The zero-order valence-corrected chi connectivity index (χ0v) is 17.8. The number of aromatic nitrogens is 3. The lowest BCUT2D eigenvalue weighted by atomic mass is 10.2. The zero-order chi connectivity index (χ0) is 18.2. The molecule has 0 saturated carbocycles. The van der Waals surface area contributed by atoms with Crippen LogP contribution in [0.2, 0.25) is 5.02 Å². The number of nitrogens with zero attached hydrogens (tertiary/aromatic N) is 4. The van der Waals surface area contributed by atoms with Gasteiger partial charge in [-0.15, -0.1) is 24.0 Å². The number of benzene rings is 1. The molecule has 2 aromatic heterocycles. The maximum absolute atomic E-state index is 5.99. The molecule has 3 rings (SSSR count). The predicted molar refractivity (Wildman–Crippen MR) is 116 cm³/mol. The lowest BCUT2D eigenvalue weighted by Gasteiger charge is -2.10. The third-order valence-corrected chi connectivity index (χ3v) is 3.80. The highest BCUT2D eigenvalue weighted by Gasteiger charge is 2.09. The monoisotopic (exact) mass is 498 g/mol. The zero-order valence-electron chi connectivity index (χ0n) is 14.7. The minimum atomic E-state index is 0. The maximum Gasteiger partial charge on any atom is 0.228 e. The van der Waals surface area contributed by atoms with Crippen molar-refractivity contribution in [3.63, 3.8) is 0 Å². The molecule has 0 aliphatic carbocycles. The number of nitrogens with one attached hydrogen (secondary N) is 2. The van der Waals surface area contributed by atoms with E-state index in [0.717, 1.165) is 11.3 Å². The van der Waals surface area contributed by atoms with Crippen molar-refractivity contribution in [3.05, 3.63) is 65.3 Å². The largest absolute Gasteiger partial charge is 0.356 e. The van der Waals surface area contributed by atoms with Gasteiger partial charge in [-0.05, 0) is 24.3 Å². The molecule has 27 heavy (non-hydrogen) atoms. The summed E-state index contributed by atoms with van der Waals surface area (Å²) >= 11 is 5.99. The Hall–Kier alpha value is -2.20. The van der Waals surface area contributed by atoms with Gasteiger partial charge in [0.05, 0.1) is 12.2 Å². The first kappa shape index (κ1) is 21.1. The molecule has 0 spiro atoms. The summed E-state index contributed by atoms with van der Waals surface area (Å²) in [4.78, 5) is 12.8. The van der Waals surface area contributed by atoms with Crippen LogP contribution in [0.4, 0.5) is 0 Å². The van der Waals surface area contributed by atoms with Crippen LogP contribution in [0, 0.1) is 0 Å². The summed E-state index contributed by atoms with van der Waals surface area (Å²) in [5.74, 6) is 1.76. The van der Waals surface area contributed by atoms with E-state index in [4.69, 9.17) is 16.1 Å². The second-order valence-electron chi connectivity index (χ2n) is 5.45. The summed E-state index contributed by atoms with van der Waals surface area (Å²) in [5.41, 5.74) is 1.77. The summed E-state index contributed by atoms with van der Waals surface area (Å²) in [6, 6.07) is 13.1. The minimum Gasteiger partial charge on any atom is -0.356 e. The van der Waals surface area contributed by atoms with Gasteiger partial charge in [0.25, 0.3) is 0 Å². The molecule has 2 heterocycles. The van der Waals surface area contributed by atoms with Crippen molar-refractivity contribution in [1.82, 2.24) is 25.8 Å². The first-order valence-electron chi connectivity index (χ1n) is 8.17. The SMILES string of the molecule is CN=C(NCCc1nc(-c2cccc(Cl)c2)no1)NCc1ccccn1.I. The van der Waals surface area contributed by atoms with Crippen molar-refractivity contribution in [2.75, 3.05) is 13.6 Å². The molecule has 7 nitrogen and oxygen atoms in total. The molecule has 0 bridgehead atoms. The van der Waals surface area contributed by atoms with E-state index >= 15 is 0 Å². The minimum absolute atomic E-state index is 0. The molecular formula is C18H20ClIN6O. The number of aliphatic imine (C=N–C) groups is 1. The summed E-state index contributed by atoms with van der Waals surface area (Å²) in [5, 5.41) is 11.0. The molecule has 3 aromatic rings. The molecule has 0 unspecified atom stereocenters.